The van der Waals surface area contributed by atoms with Crippen LogP contribution in [0.3, 0.4) is 0 Å². The third-order valence-corrected chi connectivity index (χ3v) is 4.01. The lowest BCUT2D eigenvalue weighted by Crippen LogP contribution is -2.28. The molecule has 124 valence electrons. The van der Waals surface area contributed by atoms with Crippen molar-refractivity contribution in [2.45, 2.75) is 13.5 Å². The smallest absolute Gasteiger partial charge is 0.251 e. The van der Waals surface area contributed by atoms with Crippen LogP contribution in [-0.4, -0.2) is 5.91 Å². The number of carbonyl (C=O) groups excluding carboxylic acids is 1. The van der Waals surface area contributed by atoms with Crippen molar-refractivity contribution >= 4 is 17.7 Å². The first kappa shape index (κ1) is 16.7. The summed E-state index contributed by atoms with van der Waals surface area (Å²) in [5, 5.41) is 0. The summed E-state index contributed by atoms with van der Waals surface area (Å²) in [6.45, 7) is 2.59. The van der Waals surface area contributed by atoms with E-state index in [1.807, 2.05) is 97.9 Å². The van der Waals surface area contributed by atoms with Crippen molar-refractivity contribution < 1.29 is 4.79 Å². The largest absolute Gasteiger partial charge is 0.304 e. The Morgan fingerprint density at radius 1 is 0.840 bits per heavy atom. The maximum absolute atomic E-state index is 12.8. The standard InChI is InChI=1S/C23H21NO/c1-19-12-15-22(16-13-19)24(18-21-10-6-3-7-11-21)23(25)17-14-20-8-4-2-5-9-20/h2-17H,18H2,1H3/b17-14+. The predicted molar refractivity (Wildman–Crippen MR) is 104 cm³/mol. The van der Waals surface area contributed by atoms with Crippen LogP contribution >= 0.6 is 0 Å². The van der Waals surface area contributed by atoms with E-state index >= 15 is 0 Å². The molecule has 0 aliphatic heterocycles. The highest BCUT2D eigenvalue weighted by Crippen LogP contribution is 2.19. The second kappa shape index (κ2) is 8.11. The van der Waals surface area contributed by atoms with Gasteiger partial charge in [0.25, 0.3) is 5.91 Å². The maximum Gasteiger partial charge on any atom is 0.251 e. The molecule has 0 saturated heterocycles. The fourth-order valence-electron chi connectivity index (χ4n) is 2.61. The third-order valence-electron chi connectivity index (χ3n) is 4.01. The first-order chi connectivity index (χ1) is 12.2. The van der Waals surface area contributed by atoms with E-state index in [0.29, 0.717) is 6.54 Å². The Morgan fingerprint density at radius 3 is 2.08 bits per heavy atom. The summed E-state index contributed by atoms with van der Waals surface area (Å²) in [5.41, 5.74) is 4.19. The molecule has 0 saturated carbocycles. The number of amides is 1. The van der Waals surface area contributed by atoms with E-state index in [2.05, 4.69) is 0 Å². The monoisotopic (exact) mass is 327 g/mol. The van der Waals surface area contributed by atoms with Crippen LogP contribution in [-0.2, 0) is 11.3 Å². The van der Waals surface area contributed by atoms with Gasteiger partial charge < -0.3 is 4.90 Å². The number of carbonyl (C=O) groups is 1. The van der Waals surface area contributed by atoms with E-state index in [-0.39, 0.29) is 5.91 Å². The molecule has 3 aromatic carbocycles. The van der Waals surface area contributed by atoms with Crippen LogP contribution < -0.4 is 4.90 Å². The molecule has 0 radical (unpaired) electrons. The summed E-state index contributed by atoms with van der Waals surface area (Å²) in [4.78, 5) is 14.6. The van der Waals surface area contributed by atoms with Gasteiger partial charge in [-0.15, -0.1) is 0 Å². The predicted octanol–water partition coefficient (Wildman–Crippen LogP) is 5.24. The van der Waals surface area contributed by atoms with Crippen molar-refractivity contribution in [1.82, 2.24) is 0 Å². The van der Waals surface area contributed by atoms with Crippen molar-refractivity contribution in [3.63, 3.8) is 0 Å². The normalized spacial score (nSPS) is 10.8. The Kier molecular flexibility index (Phi) is 5.43. The molecule has 0 aliphatic carbocycles. The Bertz CT molecular complexity index is 836. The summed E-state index contributed by atoms with van der Waals surface area (Å²) >= 11 is 0. The second-order valence-electron chi connectivity index (χ2n) is 5.99. The number of hydrogen-bond acceptors (Lipinski definition) is 1. The lowest BCUT2D eigenvalue weighted by atomic mass is 10.1. The van der Waals surface area contributed by atoms with Gasteiger partial charge in [0.15, 0.2) is 0 Å². The molecule has 0 unspecified atom stereocenters. The molecule has 2 nitrogen and oxygen atoms in total. The van der Waals surface area contributed by atoms with Gasteiger partial charge in [0.1, 0.15) is 0 Å². The van der Waals surface area contributed by atoms with Crippen LogP contribution in [0, 0.1) is 6.92 Å². The summed E-state index contributed by atoms with van der Waals surface area (Å²) in [7, 11) is 0. The molecule has 0 aromatic heterocycles. The van der Waals surface area contributed by atoms with Gasteiger partial charge in [-0.05, 0) is 36.3 Å². The summed E-state index contributed by atoms with van der Waals surface area (Å²) in [6.07, 6.45) is 3.49. The molecule has 0 bridgehead atoms. The first-order valence-electron chi connectivity index (χ1n) is 8.37. The van der Waals surface area contributed by atoms with Gasteiger partial charge >= 0.3 is 0 Å². The van der Waals surface area contributed by atoms with Crippen molar-refractivity contribution in [2.75, 3.05) is 4.90 Å². The van der Waals surface area contributed by atoms with E-state index in [9.17, 15) is 4.79 Å². The second-order valence-corrected chi connectivity index (χ2v) is 5.99. The van der Waals surface area contributed by atoms with Crippen molar-refractivity contribution in [1.29, 1.82) is 0 Å². The fraction of sp³-hybridized carbons (Fsp3) is 0.0870. The van der Waals surface area contributed by atoms with Crippen LogP contribution in [0.15, 0.2) is 91.0 Å². The van der Waals surface area contributed by atoms with Gasteiger partial charge in [0, 0.05) is 11.8 Å². The Hall–Kier alpha value is -3.13. The Balaban J connectivity index is 1.86. The molecule has 0 spiro atoms. The Morgan fingerprint density at radius 2 is 1.44 bits per heavy atom. The number of benzene rings is 3. The van der Waals surface area contributed by atoms with Crippen LogP contribution in [0.1, 0.15) is 16.7 Å². The van der Waals surface area contributed by atoms with Crippen molar-refractivity contribution in [3.8, 4) is 0 Å². The van der Waals surface area contributed by atoms with Gasteiger partial charge in [0.05, 0.1) is 6.54 Å². The minimum atomic E-state index is -0.0310. The van der Waals surface area contributed by atoms with Crippen LogP contribution in [0.5, 0.6) is 0 Å². The van der Waals surface area contributed by atoms with Crippen molar-refractivity contribution in [3.05, 3.63) is 108 Å². The molecule has 0 aliphatic rings. The molecule has 25 heavy (non-hydrogen) atoms. The van der Waals surface area contributed by atoms with E-state index < -0.39 is 0 Å². The zero-order chi connectivity index (χ0) is 17.5. The molecule has 3 rings (SSSR count). The summed E-state index contributed by atoms with van der Waals surface area (Å²) in [6, 6.07) is 27.9. The van der Waals surface area contributed by atoms with Gasteiger partial charge in [0.2, 0.25) is 0 Å². The lowest BCUT2D eigenvalue weighted by Gasteiger charge is -2.22. The average molecular weight is 327 g/mol. The van der Waals surface area contributed by atoms with Crippen LogP contribution in [0.4, 0.5) is 5.69 Å². The van der Waals surface area contributed by atoms with Gasteiger partial charge in [-0.2, -0.15) is 0 Å². The summed E-state index contributed by atoms with van der Waals surface area (Å²) in [5.74, 6) is -0.0310. The minimum Gasteiger partial charge on any atom is -0.304 e. The molecular formula is C23H21NO. The molecule has 0 atom stereocenters. The number of anilines is 1. The average Bonchev–Trinajstić information content (AvgIpc) is 2.67. The topological polar surface area (TPSA) is 20.3 Å². The van der Waals surface area contributed by atoms with E-state index in [0.717, 1.165) is 16.8 Å². The number of aryl methyl sites for hydroxylation is 1. The molecule has 0 fully saturated rings. The van der Waals surface area contributed by atoms with E-state index in [1.165, 1.54) is 5.56 Å². The molecule has 1 amide bonds. The van der Waals surface area contributed by atoms with Crippen LogP contribution in [0.25, 0.3) is 6.08 Å². The van der Waals surface area contributed by atoms with Gasteiger partial charge in [-0.3, -0.25) is 4.79 Å². The molecule has 0 N–H and O–H groups in total. The first-order valence-corrected chi connectivity index (χ1v) is 8.37. The SMILES string of the molecule is Cc1ccc(N(Cc2ccccc2)C(=O)/C=C/c2ccccc2)cc1. The van der Waals surface area contributed by atoms with Gasteiger partial charge in [-0.25, -0.2) is 0 Å². The molecular weight excluding hydrogens is 306 g/mol. The van der Waals surface area contributed by atoms with Crippen molar-refractivity contribution in [2.24, 2.45) is 0 Å². The van der Waals surface area contributed by atoms with Gasteiger partial charge in [-0.1, -0.05) is 78.4 Å². The quantitative estimate of drug-likeness (QED) is 0.587. The number of nitrogens with zero attached hydrogens (tertiary/aromatic N) is 1. The molecule has 0 heterocycles. The Labute approximate surface area is 149 Å². The highest BCUT2D eigenvalue weighted by molar-refractivity contribution is 6.03. The highest BCUT2D eigenvalue weighted by Gasteiger charge is 2.13. The number of hydrogen-bond donors (Lipinski definition) is 0. The lowest BCUT2D eigenvalue weighted by molar-refractivity contribution is -0.114. The molecule has 2 heteroatoms. The third kappa shape index (κ3) is 4.67. The summed E-state index contributed by atoms with van der Waals surface area (Å²) < 4.78 is 0. The number of rotatable bonds is 5. The molecule has 3 aromatic rings. The van der Waals surface area contributed by atoms with E-state index in [4.69, 9.17) is 0 Å². The van der Waals surface area contributed by atoms with E-state index in [1.54, 1.807) is 11.0 Å². The zero-order valence-corrected chi connectivity index (χ0v) is 14.3. The fourth-order valence-corrected chi connectivity index (χ4v) is 2.61. The zero-order valence-electron chi connectivity index (χ0n) is 14.3. The maximum atomic E-state index is 12.8. The van der Waals surface area contributed by atoms with Crippen LogP contribution in [0.2, 0.25) is 0 Å². The highest BCUT2D eigenvalue weighted by atomic mass is 16.2. The minimum absolute atomic E-state index is 0.0310.